The summed E-state index contributed by atoms with van der Waals surface area (Å²) >= 11 is 0. The van der Waals surface area contributed by atoms with Crippen LogP contribution in [0.3, 0.4) is 0 Å². The van der Waals surface area contributed by atoms with Crippen LogP contribution in [0.5, 0.6) is 0 Å². The van der Waals surface area contributed by atoms with Crippen LogP contribution in [0.2, 0.25) is 0 Å². The first kappa shape index (κ1) is 11.6. The average Bonchev–Trinajstić information content (AvgIpc) is 1.35. The van der Waals surface area contributed by atoms with E-state index in [0.717, 1.165) is 0 Å². The Morgan fingerprint density at radius 2 is 1.71 bits per heavy atom. The fraction of sp³-hybridized carbons (Fsp3) is 0. The Balaban J connectivity index is 0. The summed E-state index contributed by atoms with van der Waals surface area (Å²) in [5, 5.41) is 0. The molecule has 0 spiro atoms. The Morgan fingerprint density at radius 3 is 1.71 bits per heavy atom. The monoisotopic (exact) mass is 201 g/mol. The Kier molecular flexibility index (Phi) is 7.80. The largest absolute Gasteiger partial charge is 0.500 e. The minimum Gasteiger partial charge on any atom is -0.301 e. The Hall–Kier alpha value is 1.85. The maximum atomic E-state index is 10.2. The maximum Gasteiger partial charge on any atom is 0.500 e. The van der Waals surface area contributed by atoms with Gasteiger partial charge in [-0.15, -0.1) is 0 Å². The van der Waals surface area contributed by atoms with Crippen LogP contribution in [0.15, 0.2) is 0 Å². The summed E-state index contributed by atoms with van der Waals surface area (Å²) in [7, 11) is -4.81. The molecule has 0 aliphatic rings. The van der Waals surface area contributed by atoms with E-state index in [-0.39, 0.29) is 58.2 Å². The molecule has 2 N–H and O–H groups in total. The van der Waals surface area contributed by atoms with E-state index < -0.39 is 7.82 Å². The van der Waals surface area contributed by atoms with Gasteiger partial charge in [-0.3, -0.25) is 0 Å². The second-order valence-corrected chi connectivity index (χ2v) is 1.68. The van der Waals surface area contributed by atoms with Gasteiger partial charge in [0.05, 0.1) is 0 Å². The molecule has 0 saturated heterocycles. The van der Waals surface area contributed by atoms with Crippen molar-refractivity contribution in [1.29, 1.82) is 0 Å². The molecular weight excluding hydrogens is 199 g/mol. The molecule has 39 valence electrons. The van der Waals surface area contributed by atoms with Crippen molar-refractivity contribution in [2.45, 2.75) is 0 Å². The van der Waals surface area contributed by atoms with Crippen LogP contribution in [0.1, 0.15) is 0 Å². The van der Waals surface area contributed by atoms with E-state index in [0.29, 0.717) is 0 Å². The molecule has 0 unspecified atom stereocenters. The molecule has 4 nitrogen and oxygen atoms in total. The van der Waals surface area contributed by atoms with Crippen LogP contribution in [0.4, 0.5) is 4.53 Å². The van der Waals surface area contributed by atoms with Crippen LogP contribution >= 0.6 is 7.82 Å². The van der Waals surface area contributed by atoms with Gasteiger partial charge in [0.2, 0.25) is 0 Å². The van der Waals surface area contributed by atoms with Crippen molar-refractivity contribution in [1.82, 2.24) is 0 Å². The third kappa shape index (κ3) is 11.4. The number of phosphoric acid groups is 1. The summed E-state index contributed by atoms with van der Waals surface area (Å²) < 4.78 is 21.4. The van der Waals surface area contributed by atoms with Crippen LogP contribution in [-0.2, 0) is 9.29 Å². The maximum absolute atomic E-state index is 10.2. The number of hydrogen-bond donors (Lipinski definition) is 2. The molecule has 0 saturated carbocycles. The molecule has 1 radical (unpaired) electrons. The van der Waals surface area contributed by atoms with Crippen molar-refractivity contribution >= 4 is 66.0 Å². The van der Waals surface area contributed by atoms with Crippen LogP contribution in [0, 0.1) is 0 Å². The zero-order chi connectivity index (χ0) is 5.21. The van der Waals surface area contributed by atoms with Crippen molar-refractivity contribution in [3.8, 4) is 0 Å². The molecular formula is H2FO4PRb. The zero-order valence-corrected chi connectivity index (χ0v) is 9.35. The SMILES string of the molecule is O=P(O)(O)OF.[Rb]. The molecule has 0 bridgehead atoms. The Labute approximate surface area is 88.0 Å². The Morgan fingerprint density at radius 1 is 1.57 bits per heavy atom. The summed E-state index contributed by atoms with van der Waals surface area (Å²) in [6, 6.07) is 0. The first-order valence-corrected chi connectivity index (χ1v) is 2.45. The van der Waals surface area contributed by atoms with Gasteiger partial charge in [-0.25, -0.2) is 4.57 Å². The molecule has 7 heavy (non-hydrogen) atoms. The van der Waals surface area contributed by atoms with Gasteiger partial charge in [-0.2, -0.15) is 0 Å². The van der Waals surface area contributed by atoms with Crippen LogP contribution in [-0.4, -0.2) is 68.0 Å². The average molecular weight is 201 g/mol. The quantitative estimate of drug-likeness (QED) is 0.567. The fourth-order valence-electron chi connectivity index (χ4n) is 0. The van der Waals surface area contributed by atoms with Gasteiger partial charge in [-0.05, 0) is 4.53 Å². The molecule has 0 amide bonds. The van der Waals surface area contributed by atoms with Gasteiger partial charge in [0.15, 0.2) is 0 Å². The second kappa shape index (κ2) is 4.70. The van der Waals surface area contributed by atoms with E-state index in [1.54, 1.807) is 0 Å². The summed E-state index contributed by atoms with van der Waals surface area (Å²) in [4.78, 5) is 14.7. The molecule has 7 heteroatoms. The van der Waals surface area contributed by atoms with Crippen LogP contribution in [0.25, 0.3) is 0 Å². The van der Waals surface area contributed by atoms with Gasteiger partial charge in [0, 0.05) is 58.2 Å². The van der Waals surface area contributed by atoms with Gasteiger partial charge in [-0.1, -0.05) is 4.73 Å². The first-order chi connectivity index (χ1) is 2.56. The smallest absolute Gasteiger partial charge is 0.301 e. The van der Waals surface area contributed by atoms with Crippen LogP contribution < -0.4 is 0 Å². The van der Waals surface area contributed by atoms with E-state index in [4.69, 9.17) is 14.4 Å². The minimum absolute atomic E-state index is 0. The van der Waals surface area contributed by atoms with E-state index in [2.05, 4.69) is 4.73 Å². The summed E-state index contributed by atoms with van der Waals surface area (Å²) in [5.41, 5.74) is 0. The molecule has 0 atom stereocenters. The van der Waals surface area contributed by atoms with Gasteiger partial charge >= 0.3 is 7.82 Å². The zero-order valence-electron chi connectivity index (χ0n) is 3.54. The third-order valence-electron chi connectivity index (χ3n) is 0.0899. The van der Waals surface area contributed by atoms with E-state index in [9.17, 15) is 4.53 Å². The molecule has 0 aliphatic carbocycles. The van der Waals surface area contributed by atoms with Crippen molar-refractivity contribution in [2.75, 3.05) is 0 Å². The molecule has 0 aromatic carbocycles. The topological polar surface area (TPSA) is 66.8 Å². The molecule has 0 fully saturated rings. The van der Waals surface area contributed by atoms with E-state index in [1.807, 2.05) is 0 Å². The fourth-order valence-corrected chi connectivity index (χ4v) is 0. The summed E-state index contributed by atoms with van der Waals surface area (Å²) in [6.07, 6.45) is 0. The molecule has 0 aromatic rings. The predicted molar refractivity (Wildman–Crippen MR) is 20.0 cm³/mol. The standard InChI is InChI=1S/FH2O4P.Rb/c1-5-6(2,3)4;/h(H2,2,3,4);. The van der Waals surface area contributed by atoms with Gasteiger partial charge in [0.25, 0.3) is 0 Å². The molecule has 0 aromatic heterocycles. The van der Waals surface area contributed by atoms with E-state index >= 15 is 0 Å². The molecule has 0 rings (SSSR count). The normalized spacial score (nSPS) is 10.1. The van der Waals surface area contributed by atoms with Crippen molar-refractivity contribution in [3.05, 3.63) is 0 Å². The number of rotatable bonds is 1. The van der Waals surface area contributed by atoms with Crippen molar-refractivity contribution in [2.24, 2.45) is 0 Å². The van der Waals surface area contributed by atoms with Gasteiger partial charge < -0.3 is 9.79 Å². The molecule has 0 heterocycles. The first-order valence-electron chi connectivity index (χ1n) is 0.919. The third-order valence-corrected chi connectivity index (χ3v) is 0.270. The minimum atomic E-state index is -4.81. The van der Waals surface area contributed by atoms with E-state index in [1.165, 1.54) is 0 Å². The second-order valence-electron chi connectivity index (χ2n) is 0.560. The van der Waals surface area contributed by atoms with Gasteiger partial charge in [0.1, 0.15) is 0 Å². The predicted octanol–water partition coefficient (Wildman–Crippen LogP) is -0.401. The van der Waals surface area contributed by atoms with Crippen molar-refractivity contribution < 1.29 is 23.6 Å². The number of hydrogen-bond acceptors (Lipinski definition) is 2. The molecule has 0 aliphatic heterocycles. The van der Waals surface area contributed by atoms with Crippen molar-refractivity contribution in [3.63, 3.8) is 0 Å². The number of halogens is 1. The summed E-state index contributed by atoms with van der Waals surface area (Å²) in [6.45, 7) is 0. The Bertz CT molecular complexity index is 75.8. The summed E-state index contributed by atoms with van der Waals surface area (Å²) in [5.74, 6) is 0.